The van der Waals surface area contributed by atoms with Gasteiger partial charge in [0.1, 0.15) is 0 Å². The molecule has 0 saturated carbocycles. The van der Waals surface area contributed by atoms with Crippen molar-refractivity contribution in [1.82, 2.24) is 9.80 Å². The Morgan fingerprint density at radius 2 is 1.76 bits per heavy atom. The molecule has 1 aromatic carbocycles. The van der Waals surface area contributed by atoms with Crippen molar-refractivity contribution in [2.75, 3.05) is 32.7 Å². The first-order chi connectivity index (χ1) is 13.7. The van der Waals surface area contributed by atoms with Crippen LogP contribution in [0.4, 0.5) is 13.2 Å². The number of carboxylic acid groups (broad SMARTS) is 1. The summed E-state index contributed by atoms with van der Waals surface area (Å²) in [7, 11) is 0. The number of piperidine rings is 1. The Hall–Kier alpha value is -2.13. The number of aliphatic carboxylic acids is 1. The van der Waals surface area contributed by atoms with Gasteiger partial charge in [-0.3, -0.25) is 4.79 Å². The molecule has 0 atom stereocenters. The van der Waals surface area contributed by atoms with Crippen LogP contribution in [-0.4, -0.2) is 71.7 Å². The molecule has 1 aromatic rings. The van der Waals surface area contributed by atoms with Gasteiger partial charge in [0, 0.05) is 45.2 Å². The second-order valence-electron chi connectivity index (χ2n) is 6.84. The summed E-state index contributed by atoms with van der Waals surface area (Å²) in [6.07, 6.45) is -1.26. The Bertz CT molecular complexity index is 618. The topological polar surface area (TPSA) is 86.9 Å². The van der Waals surface area contributed by atoms with Gasteiger partial charge in [0.2, 0.25) is 5.91 Å². The SMILES string of the molecule is CCC(=O)N(CCN)C1CCN(CCc2ccccc2)CC1.O=C(O)C(F)(F)F. The van der Waals surface area contributed by atoms with Crippen LogP contribution < -0.4 is 5.73 Å². The van der Waals surface area contributed by atoms with E-state index in [9.17, 15) is 18.0 Å². The highest BCUT2D eigenvalue weighted by molar-refractivity contribution is 5.76. The van der Waals surface area contributed by atoms with Crippen LogP contribution in [0.25, 0.3) is 0 Å². The minimum Gasteiger partial charge on any atom is -0.475 e. The van der Waals surface area contributed by atoms with Gasteiger partial charge in [0.15, 0.2) is 0 Å². The average Bonchev–Trinajstić information content (AvgIpc) is 2.71. The van der Waals surface area contributed by atoms with Crippen molar-refractivity contribution in [3.63, 3.8) is 0 Å². The van der Waals surface area contributed by atoms with Crippen molar-refractivity contribution < 1.29 is 27.9 Å². The van der Waals surface area contributed by atoms with E-state index in [1.807, 2.05) is 11.8 Å². The zero-order valence-corrected chi connectivity index (χ0v) is 16.7. The summed E-state index contributed by atoms with van der Waals surface area (Å²) in [5.74, 6) is -2.51. The van der Waals surface area contributed by atoms with E-state index in [2.05, 4.69) is 35.2 Å². The Morgan fingerprint density at radius 3 is 2.21 bits per heavy atom. The number of benzene rings is 1. The molecule has 0 radical (unpaired) electrons. The van der Waals surface area contributed by atoms with E-state index >= 15 is 0 Å². The fourth-order valence-electron chi connectivity index (χ4n) is 3.24. The van der Waals surface area contributed by atoms with Crippen LogP contribution in [0, 0.1) is 0 Å². The zero-order valence-electron chi connectivity index (χ0n) is 16.7. The van der Waals surface area contributed by atoms with Gasteiger partial charge < -0.3 is 20.6 Å². The number of carbonyl (C=O) groups is 2. The Balaban J connectivity index is 0.000000516. The lowest BCUT2D eigenvalue weighted by Gasteiger charge is -2.38. The molecule has 1 fully saturated rings. The monoisotopic (exact) mass is 417 g/mol. The van der Waals surface area contributed by atoms with Gasteiger partial charge in [-0.25, -0.2) is 4.79 Å². The molecule has 1 aliphatic heterocycles. The lowest BCUT2D eigenvalue weighted by atomic mass is 10.0. The third-order valence-corrected chi connectivity index (χ3v) is 4.79. The maximum atomic E-state index is 12.1. The largest absolute Gasteiger partial charge is 0.490 e. The molecule has 0 aromatic heterocycles. The molecule has 2 rings (SSSR count). The molecule has 9 heteroatoms. The van der Waals surface area contributed by atoms with E-state index in [1.54, 1.807) is 0 Å². The summed E-state index contributed by atoms with van der Waals surface area (Å²) in [6.45, 7) is 6.45. The summed E-state index contributed by atoms with van der Waals surface area (Å²) in [4.78, 5) is 25.5. The van der Waals surface area contributed by atoms with Crippen molar-refractivity contribution in [3.8, 4) is 0 Å². The summed E-state index contributed by atoms with van der Waals surface area (Å²) in [5, 5.41) is 7.12. The third kappa shape index (κ3) is 9.27. The molecular formula is C20H30F3N3O3. The van der Waals surface area contributed by atoms with E-state index in [1.165, 1.54) is 5.56 Å². The normalized spacial score (nSPS) is 15.3. The number of carboxylic acids is 1. The number of nitrogens with zero attached hydrogens (tertiary/aromatic N) is 2. The van der Waals surface area contributed by atoms with Crippen molar-refractivity contribution in [2.24, 2.45) is 5.73 Å². The van der Waals surface area contributed by atoms with Crippen molar-refractivity contribution in [3.05, 3.63) is 35.9 Å². The molecule has 1 saturated heterocycles. The second kappa shape index (κ2) is 12.4. The molecule has 1 heterocycles. The van der Waals surface area contributed by atoms with Crippen molar-refractivity contribution >= 4 is 11.9 Å². The minimum absolute atomic E-state index is 0.244. The van der Waals surface area contributed by atoms with Gasteiger partial charge in [0.05, 0.1) is 0 Å². The number of likely N-dealkylation sites (tertiary alicyclic amines) is 1. The minimum atomic E-state index is -5.08. The number of amides is 1. The highest BCUT2D eigenvalue weighted by Gasteiger charge is 2.38. The van der Waals surface area contributed by atoms with Gasteiger partial charge in [0.25, 0.3) is 0 Å². The fourth-order valence-corrected chi connectivity index (χ4v) is 3.24. The molecule has 3 N–H and O–H groups in total. The summed E-state index contributed by atoms with van der Waals surface area (Å²) < 4.78 is 31.7. The Kier molecular flexibility index (Phi) is 10.7. The lowest BCUT2D eigenvalue weighted by Crippen LogP contribution is -2.49. The number of halogens is 3. The standard InChI is InChI=1S/C18H29N3O.C2HF3O2/c1-2-18(22)21(15-11-19)17-9-13-20(14-10-17)12-8-16-6-4-3-5-7-16;3-2(4,5)1(6)7/h3-7,17H,2,8-15,19H2,1H3;(H,6,7). The van der Waals surface area contributed by atoms with E-state index in [0.717, 1.165) is 38.9 Å². The van der Waals surface area contributed by atoms with Crippen molar-refractivity contribution in [1.29, 1.82) is 0 Å². The van der Waals surface area contributed by atoms with E-state index in [0.29, 0.717) is 25.6 Å². The maximum Gasteiger partial charge on any atom is 0.490 e. The first-order valence-corrected chi connectivity index (χ1v) is 9.75. The fraction of sp³-hybridized carbons (Fsp3) is 0.600. The van der Waals surface area contributed by atoms with E-state index < -0.39 is 12.1 Å². The smallest absolute Gasteiger partial charge is 0.475 e. The summed E-state index contributed by atoms with van der Waals surface area (Å²) >= 11 is 0. The third-order valence-electron chi connectivity index (χ3n) is 4.79. The van der Waals surface area contributed by atoms with Crippen LogP contribution in [0.2, 0.25) is 0 Å². The van der Waals surface area contributed by atoms with E-state index in [4.69, 9.17) is 15.6 Å². The molecule has 0 bridgehead atoms. The van der Waals surface area contributed by atoms with Crippen LogP contribution in [0.5, 0.6) is 0 Å². The lowest BCUT2D eigenvalue weighted by molar-refractivity contribution is -0.192. The molecule has 29 heavy (non-hydrogen) atoms. The van der Waals surface area contributed by atoms with Gasteiger partial charge in [-0.1, -0.05) is 37.3 Å². The molecule has 1 aliphatic rings. The van der Waals surface area contributed by atoms with Gasteiger partial charge >= 0.3 is 12.1 Å². The molecule has 0 unspecified atom stereocenters. The van der Waals surface area contributed by atoms with Crippen LogP contribution in [0.15, 0.2) is 30.3 Å². The molecular weight excluding hydrogens is 387 g/mol. The number of rotatable bonds is 7. The molecule has 0 aliphatic carbocycles. The highest BCUT2D eigenvalue weighted by atomic mass is 19.4. The van der Waals surface area contributed by atoms with Gasteiger partial charge in [-0.05, 0) is 24.8 Å². The number of hydrogen-bond donors (Lipinski definition) is 2. The zero-order chi connectivity index (χ0) is 21.9. The second-order valence-corrected chi connectivity index (χ2v) is 6.84. The van der Waals surface area contributed by atoms with Crippen LogP contribution in [0.3, 0.4) is 0 Å². The molecule has 1 amide bonds. The molecule has 164 valence electrons. The van der Waals surface area contributed by atoms with E-state index in [-0.39, 0.29) is 5.91 Å². The van der Waals surface area contributed by atoms with Gasteiger partial charge in [-0.2, -0.15) is 13.2 Å². The molecule has 6 nitrogen and oxygen atoms in total. The van der Waals surface area contributed by atoms with Crippen molar-refractivity contribution in [2.45, 2.75) is 44.8 Å². The summed E-state index contributed by atoms with van der Waals surface area (Å²) in [6, 6.07) is 11.0. The molecule has 0 spiro atoms. The quantitative estimate of drug-likeness (QED) is 0.712. The highest BCUT2D eigenvalue weighted by Crippen LogP contribution is 2.18. The first kappa shape index (κ1) is 24.9. The predicted molar refractivity (Wildman–Crippen MR) is 104 cm³/mol. The first-order valence-electron chi connectivity index (χ1n) is 9.75. The number of nitrogens with two attached hydrogens (primary N) is 1. The average molecular weight is 417 g/mol. The maximum absolute atomic E-state index is 12.1. The van der Waals surface area contributed by atoms with Crippen LogP contribution in [-0.2, 0) is 16.0 Å². The number of carbonyl (C=O) groups excluding carboxylic acids is 1. The summed E-state index contributed by atoms with van der Waals surface area (Å²) in [5.41, 5.74) is 7.06. The Morgan fingerprint density at radius 1 is 1.21 bits per heavy atom. The Labute approximate surface area is 169 Å². The van der Waals surface area contributed by atoms with Crippen LogP contribution >= 0.6 is 0 Å². The van der Waals surface area contributed by atoms with Gasteiger partial charge in [-0.15, -0.1) is 0 Å². The predicted octanol–water partition coefficient (Wildman–Crippen LogP) is 2.52. The number of alkyl halides is 3. The number of hydrogen-bond acceptors (Lipinski definition) is 4. The van der Waals surface area contributed by atoms with Crippen LogP contribution in [0.1, 0.15) is 31.7 Å².